The fourth-order valence-corrected chi connectivity index (χ4v) is 4.39. The molecule has 33 heavy (non-hydrogen) atoms. The molecule has 0 saturated carbocycles. The standard InChI is InChI=1S/C25H25N5O2S/c26-17-19-4-10-22(11-5-19)30-13-2-12-29(14-15-30)18-24(31)27-20-6-8-21(9-7-20)28-25(32)23-3-1-16-33-23/h1,3-11,16H,2,12-15,18H2,(H,27,31)(H,28,32). The van der Waals surface area contributed by atoms with E-state index < -0.39 is 0 Å². The van der Waals surface area contributed by atoms with Crippen LogP contribution in [0.4, 0.5) is 17.1 Å². The van der Waals surface area contributed by atoms with Crippen LogP contribution in [0.1, 0.15) is 21.7 Å². The second-order valence-electron chi connectivity index (χ2n) is 7.83. The number of benzene rings is 2. The third-order valence-electron chi connectivity index (χ3n) is 5.49. The Balaban J connectivity index is 1.25. The van der Waals surface area contributed by atoms with Gasteiger partial charge in [-0.1, -0.05) is 6.07 Å². The van der Waals surface area contributed by atoms with Crippen LogP contribution in [-0.4, -0.2) is 49.4 Å². The first kappa shape index (κ1) is 22.5. The van der Waals surface area contributed by atoms with Crippen molar-refractivity contribution in [3.63, 3.8) is 0 Å². The number of thiophene rings is 1. The minimum atomic E-state index is -0.141. The molecule has 1 aliphatic rings. The van der Waals surface area contributed by atoms with Crippen molar-refractivity contribution in [2.24, 2.45) is 0 Å². The lowest BCUT2D eigenvalue weighted by molar-refractivity contribution is -0.117. The quantitative estimate of drug-likeness (QED) is 0.581. The highest BCUT2D eigenvalue weighted by Gasteiger charge is 2.17. The van der Waals surface area contributed by atoms with Crippen LogP contribution >= 0.6 is 11.3 Å². The molecule has 1 aliphatic heterocycles. The molecule has 1 aromatic heterocycles. The Kier molecular flexibility index (Phi) is 7.35. The second-order valence-corrected chi connectivity index (χ2v) is 8.78. The summed E-state index contributed by atoms with van der Waals surface area (Å²) < 4.78 is 0. The van der Waals surface area contributed by atoms with Crippen LogP contribution in [0.25, 0.3) is 0 Å². The van der Waals surface area contributed by atoms with Gasteiger partial charge in [-0.2, -0.15) is 5.26 Å². The number of nitrogens with one attached hydrogen (secondary N) is 2. The zero-order valence-electron chi connectivity index (χ0n) is 18.2. The zero-order chi connectivity index (χ0) is 23.0. The summed E-state index contributed by atoms with van der Waals surface area (Å²) in [4.78, 5) is 29.8. The third kappa shape index (κ3) is 6.19. The van der Waals surface area contributed by atoms with E-state index in [2.05, 4.69) is 26.5 Å². The van der Waals surface area contributed by atoms with E-state index in [4.69, 9.17) is 5.26 Å². The summed E-state index contributed by atoms with van der Waals surface area (Å²) in [5, 5.41) is 16.6. The van der Waals surface area contributed by atoms with Crippen molar-refractivity contribution < 1.29 is 9.59 Å². The van der Waals surface area contributed by atoms with Crippen LogP contribution in [0.3, 0.4) is 0 Å². The highest BCUT2D eigenvalue weighted by atomic mass is 32.1. The summed E-state index contributed by atoms with van der Waals surface area (Å²) >= 11 is 1.39. The van der Waals surface area contributed by atoms with Gasteiger partial charge in [-0.05, 0) is 66.4 Å². The van der Waals surface area contributed by atoms with Crippen LogP contribution in [0.5, 0.6) is 0 Å². The first-order valence-corrected chi connectivity index (χ1v) is 11.7. The maximum absolute atomic E-state index is 12.6. The Morgan fingerprint density at radius 3 is 2.30 bits per heavy atom. The molecular formula is C25H25N5O2S. The van der Waals surface area contributed by atoms with Crippen molar-refractivity contribution in [3.8, 4) is 6.07 Å². The summed E-state index contributed by atoms with van der Waals surface area (Å²) in [6.45, 7) is 3.73. The number of carbonyl (C=O) groups excluding carboxylic acids is 2. The maximum atomic E-state index is 12.6. The Bertz CT molecular complexity index is 1120. The van der Waals surface area contributed by atoms with Gasteiger partial charge in [0.1, 0.15) is 0 Å². The Hall–Kier alpha value is -3.67. The van der Waals surface area contributed by atoms with Crippen LogP contribution < -0.4 is 15.5 Å². The molecule has 4 rings (SSSR count). The summed E-state index contributed by atoms with van der Waals surface area (Å²) in [6.07, 6.45) is 0.964. The van der Waals surface area contributed by atoms with Crippen LogP contribution in [0, 0.1) is 11.3 Å². The van der Waals surface area contributed by atoms with Gasteiger partial charge < -0.3 is 15.5 Å². The molecule has 2 N–H and O–H groups in total. The van der Waals surface area contributed by atoms with Crippen LogP contribution in [0.2, 0.25) is 0 Å². The first-order chi connectivity index (χ1) is 16.1. The number of carbonyl (C=O) groups is 2. The molecule has 2 amide bonds. The number of nitrogens with zero attached hydrogens (tertiary/aromatic N) is 3. The predicted molar refractivity (Wildman–Crippen MR) is 132 cm³/mol. The van der Waals surface area contributed by atoms with E-state index in [1.54, 1.807) is 30.3 Å². The van der Waals surface area contributed by atoms with Gasteiger partial charge in [0.2, 0.25) is 5.91 Å². The number of nitriles is 1. The monoisotopic (exact) mass is 459 g/mol. The summed E-state index contributed by atoms with van der Waals surface area (Å²) in [6, 6.07) is 20.5. The second kappa shape index (κ2) is 10.8. The van der Waals surface area contributed by atoms with Gasteiger partial charge in [0.15, 0.2) is 0 Å². The first-order valence-electron chi connectivity index (χ1n) is 10.8. The van der Waals surface area contributed by atoms with E-state index in [1.165, 1.54) is 11.3 Å². The van der Waals surface area contributed by atoms with E-state index in [-0.39, 0.29) is 11.8 Å². The minimum Gasteiger partial charge on any atom is -0.370 e. The van der Waals surface area contributed by atoms with Gasteiger partial charge in [-0.25, -0.2) is 0 Å². The van der Waals surface area contributed by atoms with Crippen molar-refractivity contribution in [1.29, 1.82) is 5.26 Å². The fourth-order valence-electron chi connectivity index (χ4n) is 3.77. The van der Waals surface area contributed by atoms with E-state index in [1.807, 2.05) is 35.7 Å². The molecule has 1 fully saturated rings. The smallest absolute Gasteiger partial charge is 0.265 e. The van der Waals surface area contributed by atoms with Crippen molar-refractivity contribution in [1.82, 2.24) is 4.90 Å². The average Bonchev–Trinajstić information content (AvgIpc) is 3.28. The lowest BCUT2D eigenvalue weighted by atomic mass is 10.2. The molecule has 3 aromatic rings. The average molecular weight is 460 g/mol. The highest BCUT2D eigenvalue weighted by molar-refractivity contribution is 7.12. The highest BCUT2D eigenvalue weighted by Crippen LogP contribution is 2.18. The molecule has 0 spiro atoms. The van der Waals surface area contributed by atoms with Gasteiger partial charge in [0.25, 0.3) is 5.91 Å². The molecule has 2 aromatic carbocycles. The van der Waals surface area contributed by atoms with E-state index in [9.17, 15) is 9.59 Å². The Morgan fingerprint density at radius 1 is 0.909 bits per heavy atom. The number of anilines is 3. The van der Waals surface area contributed by atoms with Gasteiger partial charge >= 0.3 is 0 Å². The van der Waals surface area contributed by atoms with E-state index >= 15 is 0 Å². The molecule has 2 heterocycles. The molecule has 7 nitrogen and oxygen atoms in total. The topological polar surface area (TPSA) is 88.5 Å². The molecule has 0 bridgehead atoms. The Labute approximate surface area is 197 Å². The van der Waals surface area contributed by atoms with Crippen molar-refractivity contribution in [2.45, 2.75) is 6.42 Å². The van der Waals surface area contributed by atoms with Gasteiger partial charge in [0.05, 0.1) is 23.1 Å². The maximum Gasteiger partial charge on any atom is 0.265 e. The number of hydrogen-bond donors (Lipinski definition) is 2. The molecule has 1 saturated heterocycles. The summed E-state index contributed by atoms with van der Waals surface area (Å²) in [5.74, 6) is -0.199. The minimum absolute atomic E-state index is 0.0582. The molecule has 0 unspecified atom stereocenters. The van der Waals surface area contributed by atoms with Gasteiger partial charge in [-0.3, -0.25) is 14.5 Å². The zero-order valence-corrected chi connectivity index (χ0v) is 19.0. The predicted octanol–water partition coefficient (Wildman–Crippen LogP) is 4.02. The lowest BCUT2D eigenvalue weighted by Gasteiger charge is -2.23. The van der Waals surface area contributed by atoms with Crippen molar-refractivity contribution >= 4 is 40.2 Å². The third-order valence-corrected chi connectivity index (χ3v) is 6.36. The molecule has 0 aliphatic carbocycles. The number of amides is 2. The number of hydrogen-bond acceptors (Lipinski definition) is 6. The lowest BCUT2D eigenvalue weighted by Crippen LogP contribution is -2.36. The Morgan fingerprint density at radius 2 is 1.64 bits per heavy atom. The molecule has 0 radical (unpaired) electrons. The fraction of sp³-hybridized carbons (Fsp3) is 0.240. The largest absolute Gasteiger partial charge is 0.370 e. The SMILES string of the molecule is N#Cc1ccc(N2CCCN(CC(=O)Nc3ccc(NC(=O)c4cccs4)cc3)CC2)cc1. The van der Waals surface area contributed by atoms with E-state index in [0.717, 1.165) is 38.3 Å². The van der Waals surface area contributed by atoms with Crippen molar-refractivity contribution in [3.05, 3.63) is 76.5 Å². The normalized spacial score (nSPS) is 14.2. The number of rotatable bonds is 6. The summed E-state index contributed by atoms with van der Waals surface area (Å²) in [7, 11) is 0. The molecule has 168 valence electrons. The molecule has 0 atom stereocenters. The molecular weight excluding hydrogens is 434 g/mol. The van der Waals surface area contributed by atoms with Gasteiger partial charge in [0, 0.05) is 43.2 Å². The van der Waals surface area contributed by atoms with Crippen LogP contribution in [-0.2, 0) is 4.79 Å². The van der Waals surface area contributed by atoms with Crippen LogP contribution in [0.15, 0.2) is 66.0 Å². The summed E-state index contributed by atoms with van der Waals surface area (Å²) in [5.41, 5.74) is 3.14. The van der Waals surface area contributed by atoms with E-state index in [0.29, 0.717) is 28.4 Å². The van der Waals surface area contributed by atoms with Crippen molar-refractivity contribution in [2.75, 3.05) is 48.3 Å². The molecule has 8 heteroatoms. The van der Waals surface area contributed by atoms with Gasteiger partial charge in [-0.15, -0.1) is 11.3 Å².